The number of rotatable bonds is 3. The van der Waals surface area contributed by atoms with Crippen LogP contribution in [0.1, 0.15) is 19.4 Å². The molecule has 0 aliphatic carbocycles. The molecule has 1 rings (SSSR count). The zero-order valence-electron chi connectivity index (χ0n) is 8.64. The van der Waals surface area contributed by atoms with E-state index in [1.54, 1.807) is 6.92 Å². The molecule has 0 radical (unpaired) electrons. The van der Waals surface area contributed by atoms with Crippen molar-refractivity contribution in [2.24, 2.45) is 0 Å². The van der Waals surface area contributed by atoms with Gasteiger partial charge in [0, 0.05) is 0 Å². The number of hydrogen-bond donors (Lipinski definition) is 1. The van der Waals surface area contributed by atoms with Crippen LogP contribution < -0.4 is 0 Å². The van der Waals surface area contributed by atoms with E-state index in [1.807, 2.05) is 55.5 Å². The van der Waals surface area contributed by atoms with Gasteiger partial charge >= 0.3 is 0 Å². The lowest BCUT2D eigenvalue weighted by Gasteiger charge is -1.96. The number of aliphatic hydroxyl groups is 1. The second kappa shape index (κ2) is 5.40. The second-order valence-corrected chi connectivity index (χ2v) is 3.40. The summed E-state index contributed by atoms with van der Waals surface area (Å²) in [6, 6.07) is 10.1. The highest BCUT2D eigenvalue weighted by molar-refractivity contribution is 5.52. The first-order valence-electron chi connectivity index (χ1n) is 4.78. The van der Waals surface area contributed by atoms with E-state index in [2.05, 4.69) is 0 Å². The lowest BCUT2D eigenvalue weighted by molar-refractivity contribution is 0.243. The molecule has 1 aromatic rings. The number of hydrogen-bond acceptors (Lipinski definition) is 1. The first-order chi connectivity index (χ1) is 6.68. The highest BCUT2D eigenvalue weighted by atomic mass is 16.3. The summed E-state index contributed by atoms with van der Waals surface area (Å²) in [6.45, 7) is 3.73. The van der Waals surface area contributed by atoms with Crippen molar-refractivity contribution in [2.45, 2.75) is 20.0 Å². The lowest BCUT2D eigenvalue weighted by atomic mass is 10.1. The number of allylic oxidation sites excluding steroid dienone is 2. The summed E-state index contributed by atoms with van der Waals surface area (Å²) in [4.78, 5) is 0. The first kappa shape index (κ1) is 10.7. The zero-order chi connectivity index (χ0) is 10.4. The van der Waals surface area contributed by atoms with Crippen LogP contribution in [-0.4, -0.2) is 11.2 Å². The predicted octanol–water partition coefficient (Wildman–Crippen LogP) is 3.03. The fourth-order valence-electron chi connectivity index (χ4n) is 1.23. The highest BCUT2D eigenvalue weighted by Crippen LogP contribution is 2.05. The molecular weight excluding hydrogens is 172 g/mol. The van der Waals surface area contributed by atoms with Gasteiger partial charge in [-0.05, 0) is 19.4 Å². The summed E-state index contributed by atoms with van der Waals surface area (Å²) in [5.74, 6) is 0. The topological polar surface area (TPSA) is 20.2 Å². The molecule has 0 aliphatic rings. The average molecular weight is 188 g/mol. The maximum atomic E-state index is 9.11. The highest BCUT2D eigenvalue weighted by Gasteiger charge is 1.88. The van der Waals surface area contributed by atoms with E-state index in [1.165, 1.54) is 5.56 Å². The van der Waals surface area contributed by atoms with Gasteiger partial charge in [0.05, 0.1) is 6.10 Å². The van der Waals surface area contributed by atoms with Crippen LogP contribution in [0.15, 0.2) is 48.1 Å². The van der Waals surface area contributed by atoms with E-state index in [9.17, 15) is 0 Å². The van der Waals surface area contributed by atoms with Crippen molar-refractivity contribution >= 4 is 6.08 Å². The zero-order valence-corrected chi connectivity index (χ0v) is 8.64. The Hall–Kier alpha value is -1.34. The molecule has 0 fully saturated rings. The molecule has 0 bridgehead atoms. The van der Waals surface area contributed by atoms with E-state index in [4.69, 9.17) is 5.11 Å². The summed E-state index contributed by atoms with van der Waals surface area (Å²) < 4.78 is 0. The van der Waals surface area contributed by atoms with Crippen molar-refractivity contribution in [2.75, 3.05) is 0 Å². The van der Waals surface area contributed by atoms with Crippen LogP contribution in [0.3, 0.4) is 0 Å². The third-order valence-corrected chi connectivity index (χ3v) is 1.84. The molecule has 0 spiro atoms. The Morgan fingerprint density at radius 2 is 1.93 bits per heavy atom. The van der Waals surface area contributed by atoms with Crippen molar-refractivity contribution in [3.8, 4) is 0 Å². The molecule has 0 amide bonds. The number of benzene rings is 1. The molecule has 0 saturated heterocycles. The molecule has 1 N–H and O–H groups in total. The third-order valence-electron chi connectivity index (χ3n) is 1.84. The minimum atomic E-state index is -0.379. The van der Waals surface area contributed by atoms with Crippen molar-refractivity contribution in [3.05, 3.63) is 53.6 Å². The first-order valence-corrected chi connectivity index (χ1v) is 4.78. The molecule has 0 unspecified atom stereocenters. The molecule has 74 valence electrons. The SMILES string of the molecule is CC(/C=C/c1ccccc1)=C\[C@@H](C)O. The van der Waals surface area contributed by atoms with Crippen molar-refractivity contribution in [1.29, 1.82) is 0 Å². The Labute approximate surface area is 85.4 Å². The second-order valence-electron chi connectivity index (χ2n) is 3.40. The fraction of sp³-hybridized carbons (Fsp3) is 0.231. The fourth-order valence-corrected chi connectivity index (χ4v) is 1.23. The molecule has 1 heteroatoms. The maximum Gasteiger partial charge on any atom is 0.0698 e. The van der Waals surface area contributed by atoms with Gasteiger partial charge in [0.15, 0.2) is 0 Å². The van der Waals surface area contributed by atoms with Crippen molar-refractivity contribution < 1.29 is 5.11 Å². The van der Waals surface area contributed by atoms with E-state index >= 15 is 0 Å². The molecule has 0 aliphatic heterocycles. The van der Waals surface area contributed by atoms with E-state index in [0.717, 1.165) is 5.57 Å². The Morgan fingerprint density at radius 1 is 1.29 bits per heavy atom. The maximum absolute atomic E-state index is 9.11. The molecule has 0 saturated carbocycles. The minimum absolute atomic E-state index is 0.379. The molecule has 1 nitrogen and oxygen atoms in total. The molecule has 0 aromatic heterocycles. The minimum Gasteiger partial charge on any atom is -0.389 e. The quantitative estimate of drug-likeness (QED) is 0.723. The van der Waals surface area contributed by atoms with Crippen LogP contribution in [0, 0.1) is 0 Å². The molecular formula is C13H16O. The summed E-state index contributed by atoms with van der Waals surface area (Å²) in [7, 11) is 0. The monoisotopic (exact) mass is 188 g/mol. The number of aliphatic hydroxyl groups excluding tert-OH is 1. The van der Waals surface area contributed by atoms with Crippen LogP contribution in [-0.2, 0) is 0 Å². The van der Waals surface area contributed by atoms with Gasteiger partial charge < -0.3 is 5.11 Å². The lowest BCUT2D eigenvalue weighted by Crippen LogP contribution is -1.93. The summed E-state index contributed by atoms with van der Waals surface area (Å²) in [5.41, 5.74) is 2.25. The predicted molar refractivity (Wildman–Crippen MR) is 60.9 cm³/mol. The van der Waals surface area contributed by atoms with Gasteiger partial charge in [-0.25, -0.2) is 0 Å². The van der Waals surface area contributed by atoms with Crippen LogP contribution in [0.5, 0.6) is 0 Å². The van der Waals surface area contributed by atoms with Crippen molar-refractivity contribution in [1.82, 2.24) is 0 Å². The Kier molecular flexibility index (Phi) is 4.14. The molecule has 14 heavy (non-hydrogen) atoms. The standard InChI is InChI=1S/C13H16O/c1-11(10-12(2)14)8-9-13-6-4-3-5-7-13/h3-10,12,14H,1-2H3/b9-8+,11-10+/t12-/m1/s1. The van der Waals surface area contributed by atoms with Gasteiger partial charge in [0.25, 0.3) is 0 Å². The van der Waals surface area contributed by atoms with Crippen LogP contribution in [0.2, 0.25) is 0 Å². The van der Waals surface area contributed by atoms with Crippen LogP contribution >= 0.6 is 0 Å². The smallest absolute Gasteiger partial charge is 0.0698 e. The van der Waals surface area contributed by atoms with Gasteiger partial charge in [-0.1, -0.05) is 54.1 Å². The summed E-state index contributed by atoms with van der Waals surface area (Å²) >= 11 is 0. The molecule has 1 aromatic carbocycles. The molecule has 0 heterocycles. The van der Waals surface area contributed by atoms with Gasteiger partial charge in [0.2, 0.25) is 0 Å². The van der Waals surface area contributed by atoms with E-state index < -0.39 is 0 Å². The largest absolute Gasteiger partial charge is 0.389 e. The van der Waals surface area contributed by atoms with E-state index in [0.29, 0.717) is 0 Å². The average Bonchev–Trinajstić information content (AvgIpc) is 2.15. The van der Waals surface area contributed by atoms with E-state index in [-0.39, 0.29) is 6.10 Å². The van der Waals surface area contributed by atoms with Gasteiger partial charge in [-0.15, -0.1) is 0 Å². The summed E-state index contributed by atoms with van der Waals surface area (Å²) in [6.07, 6.45) is 5.48. The Balaban J connectivity index is 2.65. The Morgan fingerprint density at radius 3 is 2.50 bits per heavy atom. The van der Waals surface area contributed by atoms with Crippen molar-refractivity contribution in [3.63, 3.8) is 0 Å². The van der Waals surface area contributed by atoms with Gasteiger partial charge in [-0.2, -0.15) is 0 Å². The third kappa shape index (κ3) is 4.06. The van der Waals surface area contributed by atoms with Gasteiger partial charge in [0.1, 0.15) is 0 Å². The van der Waals surface area contributed by atoms with Gasteiger partial charge in [-0.3, -0.25) is 0 Å². The van der Waals surface area contributed by atoms with Crippen LogP contribution in [0.4, 0.5) is 0 Å². The molecule has 1 atom stereocenters. The van der Waals surface area contributed by atoms with Crippen LogP contribution in [0.25, 0.3) is 6.08 Å². The summed E-state index contributed by atoms with van der Waals surface area (Å²) in [5, 5.41) is 9.11. The Bertz CT molecular complexity index is 320. The normalized spacial score (nSPS) is 14.6.